The van der Waals surface area contributed by atoms with Crippen LogP contribution in [0.3, 0.4) is 0 Å². The van der Waals surface area contributed by atoms with Gasteiger partial charge in [0.1, 0.15) is 5.60 Å². The van der Waals surface area contributed by atoms with E-state index in [1.165, 1.54) is 6.66 Å². The van der Waals surface area contributed by atoms with E-state index in [-0.39, 0.29) is 18.6 Å². The standard InChI is InChI=1S/C12H22O3P.CH4/c1-9(2)10(13)8-11(3,4)12(5,6)15-16(7)14;/h1,8H2,2-7H3;1H4/q+1;. The number of ketones is 1. The Labute approximate surface area is 107 Å². The van der Waals surface area contributed by atoms with Gasteiger partial charge < -0.3 is 0 Å². The highest BCUT2D eigenvalue weighted by molar-refractivity contribution is 7.38. The number of allylic oxidation sites excluding steroid dienone is 1. The van der Waals surface area contributed by atoms with Gasteiger partial charge in [0.15, 0.2) is 12.4 Å². The number of rotatable bonds is 6. The summed E-state index contributed by atoms with van der Waals surface area (Å²) >= 11 is 0. The van der Waals surface area contributed by atoms with Crippen molar-refractivity contribution in [2.24, 2.45) is 5.41 Å². The Morgan fingerprint density at radius 2 is 1.71 bits per heavy atom. The number of carbonyl (C=O) groups is 1. The third kappa shape index (κ3) is 5.56. The van der Waals surface area contributed by atoms with Crippen molar-refractivity contribution in [1.82, 2.24) is 0 Å². The molecule has 17 heavy (non-hydrogen) atoms. The van der Waals surface area contributed by atoms with Crippen LogP contribution in [-0.4, -0.2) is 18.0 Å². The fraction of sp³-hybridized carbons (Fsp3) is 0.769. The van der Waals surface area contributed by atoms with Crippen LogP contribution in [0.25, 0.3) is 0 Å². The molecule has 0 aromatic carbocycles. The summed E-state index contributed by atoms with van der Waals surface area (Å²) in [6.45, 7) is 14.4. The molecule has 3 nitrogen and oxygen atoms in total. The normalized spacial score (nSPS) is 12.7. The maximum Gasteiger partial charge on any atom is 0.505 e. The van der Waals surface area contributed by atoms with Gasteiger partial charge in [-0.25, -0.2) is 0 Å². The first-order valence-corrected chi connectivity index (χ1v) is 6.91. The molecule has 100 valence electrons. The Hall–Kier alpha value is -0.530. The van der Waals surface area contributed by atoms with Crippen LogP contribution in [0.15, 0.2) is 12.2 Å². The molecule has 1 atom stereocenters. The molecule has 0 heterocycles. The summed E-state index contributed by atoms with van der Waals surface area (Å²) in [6.07, 6.45) is 0.346. The van der Waals surface area contributed by atoms with Crippen molar-refractivity contribution >= 4 is 13.8 Å². The number of hydrogen-bond acceptors (Lipinski definition) is 3. The lowest BCUT2D eigenvalue weighted by Gasteiger charge is -2.36. The van der Waals surface area contributed by atoms with Crippen molar-refractivity contribution in [3.05, 3.63) is 12.2 Å². The molecule has 0 N–H and O–H groups in total. The van der Waals surface area contributed by atoms with Gasteiger partial charge in [0.2, 0.25) is 0 Å². The lowest BCUT2D eigenvalue weighted by atomic mass is 9.73. The van der Waals surface area contributed by atoms with Crippen LogP contribution in [0.2, 0.25) is 0 Å². The minimum absolute atomic E-state index is 0. The first kappa shape index (κ1) is 18.8. The van der Waals surface area contributed by atoms with E-state index in [1.807, 2.05) is 27.7 Å². The molecule has 4 heteroatoms. The predicted octanol–water partition coefficient (Wildman–Crippen LogP) is 4.35. The SMILES string of the molecule is C.C=C(C)C(=O)CC(C)(C)C(C)(C)O[P+](C)=O. The van der Waals surface area contributed by atoms with Gasteiger partial charge in [0.25, 0.3) is 0 Å². The van der Waals surface area contributed by atoms with Crippen molar-refractivity contribution in [1.29, 1.82) is 0 Å². The zero-order chi connectivity index (χ0) is 13.1. The molecule has 0 aliphatic rings. The van der Waals surface area contributed by atoms with Crippen LogP contribution in [0.4, 0.5) is 0 Å². The summed E-state index contributed by atoms with van der Waals surface area (Å²) in [4.78, 5) is 11.7. The molecule has 0 radical (unpaired) electrons. The van der Waals surface area contributed by atoms with Gasteiger partial charge >= 0.3 is 8.03 Å². The molecular formula is C13H26O3P+. The molecule has 0 aliphatic heterocycles. The van der Waals surface area contributed by atoms with Gasteiger partial charge in [-0.3, -0.25) is 4.79 Å². The number of carbonyl (C=O) groups excluding carboxylic acids is 1. The van der Waals surface area contributed by atoms with Crippen LogP contribution in [-0.2, 0) is 13.9 Å². The Kier molecular flexibility index (Phi) is 7.10. The van der Waals surface area contributed by atoms with Gasteiger partial charge in [0, 0.05) is 11.8 Å². The van der Waals surface area contributed by atoms with Crippen molar-refractivity contribution in [2.75, 3.05) is 6.66 Å². The zero-order valence-electron chi connectivity index (χ0n) is 11.1. The van der Waals surface area contributed by atoms with Crippen LogP contribution in [0.5, 0.6) is 0 Å². The minimum Gasteiger partial charge on any atom is -0.295 e. The Morgan fingerprint density at radius 3 is 2.00 bits per heavy atom. The number of Topliss-reactive ketones (excluding diaryl/α,β-unsaturated/α-hetero) is 1. The Balaban J connectivity index is 0. The van der Waals surface area contributed by atoms with Crippen LogP contribution >= 0.6 is 8.03 Å². The first-order chi connectivity index (χ1) is 6.99. The summed E-state index contributed by atoms with van der Waals surface area (Å²) < 4.78 is 16.6. The number of hydrogen-bond donors (Lipinski definition) is 0. The van der Waals surface area contributed by atoms with E-state index in [0.717, 1.165) is 0 Å². The first-order valence-electron chi connectivity index (χ1n) is 5.28. The van der Waals surface area contributed by atoms with Crippen molar-refractivity contribution < 1.29 is 13.9 Å². The molecule has 0 bridgehead atoms. The third-order valence-corrected chi connectivity index (χ3v) is 3.78. The van der Waals surface area contributed by atoms with E-state index in [4.69, 9.17) is 4.52 Å². The lowest BCUT2D eigenvalue weighted by molar-refractivity contribution is -0.120. The average molecular weight is 261 g/mol. The van der Waals surface area contributed by atoms with Gasteiger partial charge in [0.05, 0.1) is 0 Å². The zero-order valence-corrected chi connectivity index (χ0v) is 12.0. The van der Waals surface area contributed by atoms with E-state index >= 15 is 0 Å². The van der Waals surface area contributed by atoms with Crippen LogP contribution < -0.4 is 0 Å². The minimum atomic E-state index is -1.68. The molecule has 0 aromatic heterocycles. The molecule has 0 aromatic rings. The molecule has 0 spiro atoms. The Morgan fingerprint density at radius 1 is 1.29 bits per heavy atom. The van der Waals surface area contributed by atoms with E-state index in [2.05, 4.69) is 6.58 Å². The molecule has 0 saturated heterocycles. The molecule has 0 saturated carbocycles. The highest BCUT2D eigenvalue weighted by Crippen LogP contribution is 2.42. The second kappa shape index (κ2) is 6.42. The van der Waals surface area contributed by atoms with Crippen molar-refractivity contribution in [2.45, 2.75) is 54.1 Å². The van der Waals surface area contributed by atoms with Crippen LogP contribution in [0, 0.1) is 5.41 Å². The largest absolute Gasteiger partial charge is 0.505 e. The van der Waals surface area contributed by atoms with E-state index in [9.17, 15) is 9.36 Å². The fourth-order valence-electron chi connectivity index (χ4n) is 1.21. The maximum absolute atomic E-state index is 11.7. The second-order valence-corrected chi connectivity index (χ2v) is 6.37. The van der Waals surface area contributed by atoms with Crippen LogP contribution in [0.1, 0.15) is 48.5 Å². The van der Waals surface area contributed by atoms with E-state index in [1.54, 1.807) is 6.92 Å². The topological polar surface area (TPSA) is 43.4 Å². The third-order valence-electron chi connectivity index (χ3n) is 3.07. The summed E-state index contributed by atoms with van der Waals surface area (Å²) in [6, 6.07) is 0. The van der Waals surface area contributed by atoms with Gasteiger partial charge in [-0.1, -0.05) is 27.9 Å². The van der Waals surface area contributed by atoms with E-state index < -0.39 is 13.6 Å². The molecule has 0 rings (SSSR count). The highest BCUT2D eigenvalue weighted by atomic mass is 31.1. The van der Waals surface area contributed by atoms with Gasteiger partial charge in [-0.15, -0.1) is 4.52 Å². The predicted molar refractivity (Wildman–Crippen MR) is 73.6 cm³/mol. The highest BCUT2D eigenvalue weighted by Gasteiger charge is 2.44. The molecule has 0 fully saturated rings. The maximum atomic E-state index is 11.7. The summed E-state index contributed by atoms with van der Waals surface area (Å²) in [5.74, 6) is 0.0213. The van der Waals surface area contributed by atoms with Crippen molar-refractivity contribution in [3.63, 3.8) is 0 Å². The summed E-state index contributed by atoms with van der Waals surface area (Å²) in [5, 5.41) is 0. The summed E-state index contributed by atoms with van der Waals surface area (Å²) in [7, 11) is -1.68. The van der Waals surface area contributed by atoms with Gasteiger partial charge in [-0.2, -0.15) is 0 Å². The molecule has 0 amide bonds. The summed E-state index contributed by atoms with van der Waals surface area (Å²) in [5.41, 5.74) is -0.450. The average Bonchev–Trinajstić information content (AvgIpc) is 1.99. The van der Waals surface area contributed by atoms with E-state index in [0.29, 0.717) is 12.0 Å². The quantitative estimate of drug-likeness (QED) is 0.527. The fourth-order valence-corrected chi connectivity index (χ4v) is 2.10. The molecular weight excluding hydrogens is 235 g/mol. The van der Waals surface area contributed by atoms with Gasteiger partial charge in [-0.05, 0) is 30.9 Å². The molecule has 0 aliphatic carbocycles. The monoisotopic (exact) mass is 261 g/mol. The van der Waals surface area contributed by atoms with Crippen molar-refractivity contribution in [3.8, 4) is 0 Å². The Bertz CT molecular complexity index is 317. The second-order valence-electron chi connectivity index (χ2n) is 5.31. The molecule has 1 unspecified atom stereocenters. The lowest BCUT2D eigenvalue weighted by Crippen LogP contribution is -2.41. The smallest absolute Gasteiger partial charge is 0.295 e.